The lowest BCUT2D eigenvalue weighted by Crippen LogP contribution is -2.29. The topological polar surface area (TPSA) is 105 Å². The summed E-state index contributed by atoms with van der Waals surface area (Å²) in [5.74, 6) is -1.64. The number of rotatable bonds is 3. The number of amides is 1. The van der Waals surface area contributed by atoms with Gasteiger partial charge < -0.3 is 16.2 Å². The quantitative estimate of drug-likeness (QED) is 0.601. The van der Waals surface area contributed by atoms with E-state index in [1.54, 1.807) is 0 Å². The molecule has 6 heteroatoms. The maximum absolute atomic E-state index is 11.2. The molecule has 74 valence electrons. The number of nitrogens with one attached hydrogen (secondary N) is 1. The fourth-order valence-corrected chi connectivity index (χ4v) is 0.786. The lowest BCUT2D eigenvalue weighted by Gasteiger charge is -2.01. The Morgan fingerprint density at radius 2 is 2.21 bits per heavy atom. The number of carboxylic acids is 1. The number of aliphatic carboxylic acids is 1. The number of carboxylic acid groups (broad SMARTS) is 1. The maximum atomic E-state index is 11.2. The van der Waals surface area contributed by atoms with Crippen molar-refractivity contribution in [1.82, 2.24) is 10.3 Å². The van der Waals surface area contributed by atoms with Crippen LogP contribution < -0.4 is 11.1 Å². The second-order valence-electron chi connectivity index (χ2n) is 2.55. The zero-order valence-electron chi connectivity index (χ0n) is 7.23. The van der Waals surface area contributed by atoms with Crippen LogP contribution in [0.2, 0.25) is 0 Å². The molecule has 1 amide bonds. The molecule has 0 aliphatic rings. The van der Waals surface area contributed by atoms with Crippen LogP contribution in [-0.2, 0) is 4.79 Å². The van der Waals surface area contributed by atoms with Crippen LogP contribution in [0.5, 0.6) is 0 Å². The van der Waals surface area contributed by atoms with Crippen LogP contribution in [0.1, 0.15) is 10.5 Å². The van der Waals surface area contributed by atoms with Crippen LogP contribution >= 0.6 is 0 Å². The highest BCUT2D eigenvalue weighted by Crippen LogP contribution is 2.00. The number of hydrogen-bond donors (Lipinski definition) is 3. The predicted molar refractivity (Wildman–Crippen MR) is 48.6 cm³/mol. The fourth-order valence-electron chi connectivity index (χ4n) is 0.786. The summed E-state index contributed by atoms with van der Waals surface area (Å²) in [5.41, 5.74) is 5.94. The average Bonchev–Trinajstić information content (AvgIpc) is 2.15. The van der Waals surface area contributed by atoms with Crippen LogP contribution in [0.4, 0.5) is 5.69 Å². The van der Waals surface area contributed by atoms with Crippen molar-refractivity contribution in [3.63, 3.8) is 0 Å². The first-order chi connectivity index (χ1) is 6.59. The number of nitrogen functional groups attached to an aromatic ring is 1. The third kappa shape index (κ3) is 2.74. The highest BCUT2D eigenvalue weighted by atomic mass is 16.4. The van der Waals surface area contributed by atoms with E-state index in [4.69, 9.17) is 10.8 Å². The van der Waals surface area contributed by atoms with Gasteiger partial charge in [0.2, 0.25) is 0 Å². The van der Waals surface area contributed by atoms with Gasteiger partial charge in [0.15, 0.2) is 0 Å². The van der Waals surface area contributed by atoms with Crippen molar-refractivity contribution in [1.29, 1.82) is 0 Å². The number of carbonyl (C=O) groups excluding carboxylic acids is 1. The van der Waals surface area contributed by atoms with Gasteiger partial charge in [-0.3, -0.25) is 9.59 Å². The molecule has 1 aromatic heterocycles. The standard InChI is InChI=1S/C8H9N3O3/c9-5-1-2-6(10-3-5)8(14)11-4-7(12)13/h1-3H,4,9H2,(H,11,14)(H,12,13). The van der Waals surface area contributed by atoms with E-state index in [1.165, 1.54) is 18.3 Å². The molecule has 0 radical (unpaired) electrons. The normalized spacial score (nSPS) is 9.43. The summed E-state index contributed by atoms with van der Waals surface area (Å²) < 4.78 is 0. The lowest BCUT2D eigenvalue weighted by molar-refractivity contribution is -0.135. The molecule has 0 spiro atoms. The van der Waals surface area contributed by atoms with E-state index in [0.29, 0.717) is 5.69 Å². The average molecular weight is 195 g/mol. The minimum Gasteiger partial charge on any atom is -0.480 e. The Morgan fingerprint density at radius 1 is 1.50 bits per heavy atom. The summed E-state index contributed by atoms with van der Waals surface area (Å²) in [6, 6.07) is 2.94. The van der Waals surface area contributed by atoms with Gasteiger partial charge in [-0.1, -0.05) is 0 Å². The summed E-state index contributed by atoms with van der Waals surface area (Å²) in [4.78, 5) is 25.0. The Balaban J connectivity index is 2.61. The van der Waals surface area contributed by atoms with Crippen molar-refractivity contribution in [2.45, 2.75) is 0 Å². The maximum Gasteiger partial charge on any atom is 0.322 e. The molecular weight excluding hydrogens is 186 g/mol. The Kier molecular flexibility index (Phi) is 3.01. The van der Waals surface area contributed by atoms with Gasteiger partial charge in [-0.05, 0) is 12.1 Å². The first-order valence-corrected chi connectivity index (χ1v) is 3.81. The molecule has 0 saturated heterocycles. The minimum absolute atomic E-state index is 0.139. The van der Waals surface area contributed by atoms with Gasteiger partial charge in [0.1, 0.15) is 12.2 Å². The molecule has 0 aliphatic carbocycles. The molecule has 0 aliphatic heterocycles. The summed E-state index contributed by atoms with van der Waals surface area (Å²) in [7, 11) is 0. The van der Waals surface area contributed by atoms with Gasteiger partial charge in [0, 0.05) is 0 Å². The van der Waals surface area contributed by atoms with E-state index in [1.807, 2.05) is 0 Å². The van der Waals surface area contributed by atoms with Crippen molar-refractivity contribution in [3.8, 4) is 0 Å². The van der Waals surface area contributed by atoms with E-state index in [0.717, 1.165) is 0 Å². The molecular formula is C8H9N3O3. The molecule has 0 bridgehead atoms. The molecule has 1 aromatic rings. The van der Waals surface area contributed by atoms with Crippen molar-refractivity contribution >= 4 is 17.6 Å². The van der Waals surface area contributed by atoms with E-state index in [2.05, 4.69) is 10.3 Å². The molecule has 0 aromatic carbocycles. The zero-order valence-corrected chi connectivity index (χ0v) is 7.23. The van der Waals surface area contributed by atoms with Crippen LogP contribution in [0.3, 0.4) is 0 Å². The second kappa shape index (κ2) is 4.22. The monoisotopic (exact) mass is 195 g/mol. The smallest absolute Gasteiger partial charge is 0.322 e. The first kappa shape index (κ1) is 9.97. The number of nitrogens with two attached hydrogens (primary N) is 1. The molecule has 6 nitrogen and oxygen atoms in total. The Hall–Kier alpha value is -2.11. The van der Waals surface area contributed by atoms with E-state index in [-0.39, 0.29) is 5.69 Å². The van der Waals surface area contributed by atoms with Crippen LogP contribution in [-0.4, -0.2) is 28.5 Å². The number of aromatic nitrogens is 1. The molecule has 4 N–H and O–H groups in total. The van der Waals surface area contributed by atoms with Gasteiger partial charge in [0.25, 0.3) is 5.91 Å². The number of pyridine rings is 1. The SMILES string of the molecule is Nc1ccc(C(=O)NCC(=O)O)nc1. The van der Waals surface area contributed by atoms with Crippen molar-refractivity contribution in [3.05, 3.63) is 24.0 Å². The Bertz CT molecular complexity index is 347. The summed E-state index contributed by atoms with van der Waals surface area (Å²) in [6.07, 6.45) is 1.33. The first-order valence-electron chi connectivity index (χ1n) is 3.81. The van der Waals surface area contributed by atoms with E-state index < -0.39 is 18.4 Å². The van der Waals surface area contributed by atoms with Gasteiger partial charge in [-0.25, -0.2) is 4.98 Å². The zero-order chi connectivity index (χ0) is 10.6. The third-order valence-corrected chi connectivity index (χ3v) is 1.42. The molecule has 14 heavy (non-hydrogen) atoms. The lowest BCUT2D eigenvalue weighted by atomic mass is 10.3. The highest BCUT2D eigenvalue weighted by molar-refractivity contribution is 5.94. The van der Waals surface area contributed by atoms with Crippen LogP contribution in [0, 0.1) is 0 Å². The number of carbonyl (C=O) groups is 2. The highest BCUT2D eigenvalue weighted by Gasteiger charge is 2.07. The van der Waals surface area contributed by atoms with E-state index in [9.17, 15) is 9.59 Å². The molecule has 0 saturated carbocycles. The predicted octanol–water partition coefficient (Wildman–Crippen LogP) is -0.522. The van der Waals surface area contributed by atoms with Gasteiger partial charge in [-0.2, -0.15) is 0 Å². The number of anilines is 1. The molecule has 1 heterocycles. The molecule has 1 rings (SSSR count). The van der Waals surface area contributed by atoms with Crippen LogP contribution in [0.25, 0.3) is 0 Å². The summed E-state index contributed by atoms with van der Waals surface area (Å²) >= 11 is 0. The van der Waals surface area contributed by atoms with Gasteiger partial charge in [-0.15, -0.1) is 0 Å². The van der Waals surface area contributed by atoms with Crippen molar-refractivity contribution in [2.24, 2.45) is 0 Å². The Labute approximate surface area is 79.8 Å². The van der Waals surface area contributed by atoms with E-state index >= 15 is 0 Å². The Morgan fingerprint density at radius 3 is 2.71 bits per heavy atom. The third-order valence-electron chi connectivity index (χ3n) is 1.42. The van der Waals surface area contributed by atoms with Crippen LogP contribution in [0.15, 0.2) is 18.3 Å². The molecule has 0 atom stereocenters. The summed E-state index contributed by atoms with van der Waals surface area (Å²) in [5, 5.41) is 10.5. The molecule has 0 fully saturated rings. The molecule has 0 unspecified atom stereocenters. The minimum atomic E-state index is -1.10. The largest absolute Gasteiger partial charge is 0.480 e. The van der Waals surface area contributed by atoms with Gasteiger partial charge >= 0.3 is 5.97 Å². The van der Waals surface area contributed by atoms with Gasteiger partial charge in [0.05, 0.1) is 11.9 Å². The van der Waals surface area contributed by atoms with Crippen molar-refractivity contribution in [2.75, 3.05) is 12.3 Å². The number of hydrogen-bond acceptors (Lipinski definition) is 4. The number of nitrogens with zero attached hydrogens (tertiary/aromatic N) is 1. The second-order valence-corrected chi connectivity index (χ2v) is 2.55. The fraction of sp³-hybridized carbons (Fsp3) is 0.125. The summed E-state index contributed by atoms with van der Waals surface area (Å²) in [6.45, 7) is -0.426. The van der Waals surface area contributed by atoms with Crippen molar-refractivity contribution < 1.29 is 14.7 Å².